The maximum atomic E-state index is 12.1. The Morgan fingerprint density at radius 1 is 1.64 bits per heavy atom. The number of rotatable bonds is 5. The number of amides is 1. The fourth-order valence-electron chi connectivity index (χ4n) is 3.16. The largest absolute Gasteiger partial charge is 0.477 e. The minimum atomic E-state index is -1.19. The minimum Gasteiger partial charge on any atom is -0.477 e. The number of carbonyl (C=O) groups excluding carboxylic acids is 1. The highest BCUT2D eigenvalue weighted by Gasteiger charge is 2.57. The molecule has 22 heavy (non-hydrogen) atoms. The van der Waals surface area contributed by atoms with Crippen LogP contribution >= 0.6 is 0 Å². The van der Waals surface area contributed by atoms with Gasteiger partial charge in [0.15, 0.2) is 5.76 Å². The van der Waals surface area contributed by atoms with Crippen LogP contribution in [0.1, 0.15) is 24.8 Å². The van der Waals surface area contributed by atoms with Crippen LogP contribution in [0.2, 0.25) is 0 Å². The Hall–Kier alpha value is -2.19. The number of carbonyl (C=O) groups is 2. The zero-order valence-electron chi connectivity index (χ0n) is 12.1. The van der Waals surface area contributed by atoms with E-state index in [0.29, 0.717) is 23.4 Å². The van der Waals surface area contributed by atoms with Crippen LogP contribution in [-0.2, 0) is 20.9 Å². The van der Waals surface area contributed by atoms with E-state index in [0.717, 1.165) is 0 Å². The fourth-order valence-corrected chi connectivity index (χ4v) is 3.16. The molecule has 0 spiro atoms. The zero-order valence-corrected chi connectivity index (χ0v) is 12.1. The van der Waals surface area contributed by atoms with Gasteiger partial charge in [0, 0.05) is 25.2 Å². The quantitative estimate of drug-likeness (QED) is 0.748. The number of aliphatic carboxylic acids is 1. The maximum absolute atomic E-state index is 12.1. The van der Waals surface area contributed by atoms with E-state index in [2.05, 4.69) is 5.16 Å². The van der Waals surface area contributed by atoms with Crippen LogP contribution in [0.25, 0.3) is 5.57 Å². The van der Waals surface area contributed by atoms with Gasteiger partial charge in [0.05, 0.1) is 24.7 Å². The SMILES string of the molecule is COCc1cc(C2=C(C(=O)O)N3C(=O)[C@H]([C@@H](C)O)[C@H]3C2)on1. The van der Waals surface area contributed by atoms with Crippen molar-refractivity contribution < 1.29 is 29.1 Å². The molecular formula is C14H16N2O6. The summed E-state index contributed by atoms with van der Waals surface area (Å²) in [6.45, 7) is 1.78. The predicted octanol–water partition coefficient (Wildman–Crippen LogP) is 0.228. The van der Waals surface area contributed by atoms with Crippen molar-refractivity contribution in [3.63, 3.8) is 0 Å². The van der Waals surface area contributed by atoms with Crippen LogP contribution < -0.4 is 0 Å². The zero-order chi connectivity index (χ0) is 16.0. The van der Waals surface area contributed by atoms with E-state index in [1.54, 1.807) is 6.07 Å². The van der Waals surface area contributed by atoms with Gasteiger partial charge in [-0.15, -0.1) is 0 Å². The molecule has 2 aliphatic heterocycles. The molecule has 2 aliphatic rings. The average Bonchev–Trinajstić information content (AvgIpc) is 3.00. The number of hydrogen-bond acceptors (Lipinski definition) is 6. The van der Waals surface area contributed by atoms with Crippen molar-refractivity contribution in [2.45, 2.75) is 32.1 Å². The van der Waals surface area contributed by atoms with Crippen molar-refractivity contribution >= 4 is 17.4 Å². The number of methoxy groups -OCH3 is 1. The number of β-lactam (4-membered cyclic amide) rings is 1. The summed E-state index contributed by atoms with van der Waals surface area (Å²) in [5, 5.41) is 22.9. The summed E-state index contributed by atoms with van der Waals surface area (Å²) >= 11 is 0. The molecule has 1 aromatic rings. The Labute approximate surface area is 125 Å². The van der Waals surface area contributed by atoms with Crippen molar-refractivity contribution in [2.75, 3.05) is 7.11 Å². The Balaban J connectivity index is 1.96. The van der Waals surface area contributed by atoms with Crippen LogP contribution in [0.15, 0.2) is 16.3 Å². The standard InChI is InChI=1S/C14H16N2O6/c1-6(17)11-9-4-8(10-3-7(5-21-2)15-22-10)12(14(19)20)16(9)13(11)18/h3,6,9,11,17H,4-5H2,1-2H3,(H,19,20)/t6-,9-,11-/m1/s1. The highest BCUT2D eigenvalue weighted by Crippen LogP contribution is 2.46. The van der Waals surface area contributed by atoms with Crippen molar-refractivity contribution in [1.29, 1.82) is 0 Å². The summed E-state index contributed by atoms with van der Waals surface area (Å²) in [4.78, 5) is 24.8. The van der Waals surface area contributed by atoms with Gasteiger partial charge in [0.2, 0.25) is 5.91 Å². The van der Waals surface area contributed by atoms with E-state index >= 15 is 0 Å². The molecule has 1 amide bonds. The van der Waals surface area contributed by atoms with Gasteiger partial charge >= 0.3 is 5.97 Å². The van der Waals surface area contributed by atoms with Crippen molar-refractivity contribution in [3.05, 3.63) is 23.2 Å². The van der Waals surface area contributed by atoms with Crippen molar-refractivity contribution in [3.8, 4) is 0 Å². The van der Waals surface area contributed by atoms with E-state index in [9.17, 15) is 19.8 Å². The topological polar surface area (TPSA) is 113 Å². The first-order valence-electron chi connectivity index (χ1n) is 6.88. The van der Waals surface area contributed by atoms with Gasteiger partial charge < -0.3 is 24.4 Å². The summed E-state index contributed by atoms with van der Waals surface area (Å²) in [5.41, 5.74) is 0.873. The molecule has 8 heteroatoms. The molecule has 8 nitrogen and oxygen atoms in total. The Bertz CT molecular complexity index is 662. The molecule has 3 heterocycles. The van der Waals surface area contributed by atoms with Gasteiger partial charge in [0.25, 0.3) is 0 Å². The Kier molecular flexibility index (Phi) is 3.50. The molecule has 0 bridgehead atoms. The molecule has 0 aliphatic carbocycles. The van der Waals surface area contributed by atoms with Crippen LogP contribution in [0, 0.1) is 5.92 Å². The minimum absolute atomic E-state index is 0.0907. The molecule has 3 rings (SSSR count). The molecule has 0 saturated carbocycles. The number of ether oxygens (including phenoxy) is 1. The Morgan fingerprint density at radius 2 is 2.36 bits per heavy atom. The van der Waals surface area contributed by atoms with Gasteiger partial charge in [-0.1, -0.05) is 5.16 Å². The van der Waals surface area contributed by atoms with E-state index in [1.165, 1.54) is 18.9 Å². The number of hydrogen-bond donors (Lipinski definition) is 2. The predicted molar refractivity (Wildman–Crippen MR) is 72.2 cm³/mol. The van der Waals surface area contributed by atoms with Crippen LogP contribution in [0.3, 0.4) is 0 Å². The third kappa shape index (κ3) is 2.03. The van der Waals surface area contributed by atoms with Crippen LogP contribution in [0.4, 0.5) is 0 Å². The number of fused-ring (bicyclic) bond motifs is 1. The first-order valence-corrected chi connectivity index (χ1v) is 6.88. The van der Waals surface area contributed by atoms with Crippen LogP contribution in [0.5, 0.6) is 0 Å². The molecule has 2 N–H and O–H groups in total. The molecular weight excluding hydrogens is 292 g/mol. The average molecular weight is 308 g/mol. The number of aliphatic hydroxyl groups is 1. The number of aliphatic hydroxyl groups excluding tert-OH is 1. The lowest BCUT2D eigenvalue weighted by Gasteiger charge is -2.44. The van der Waals surface area contributed by atoms with Crippen molar-refractivity contribution in [1.82, 2.24) is 10.1 Å². The second kappa shape index (κ2) is 5.22. The molecule has 118 valence electrons. The fraction of sp³-hybridized carbons (Fsp3) is 0.500. The summed E-state index contributed by atoms with van der Waals surface area (Å²) in [5.74, 6) is -1.83. The molecule has 3 atom stereocenters. The first-order chi connectivity index (χ1) is 10.5. The number of nitrogens with zero attached hydrogens (tertiary/aromatic N) is 2. The van der Waals surface area contributed by atoms with Gasteiger partial charge in [0.1, 0.15) is 11.4 Å². The van der Waals surface area contributed by atoms with E-state index in [1.807, 2.05) is 0 Å². The molecule has 1 saturated heterocycles. The summed E-state index contributed by atoms with van der Waals surface area (Å²) < 4.78 is 10.1. The normalized spacial score (nSPS) is 25.2. The highest BCUT2D eigenvalue weighted by molar-refractivity contribution is 6.05. The smallest absolute Gasteiger partial charge is 0.353 e. The van der Waals surface area contributed by atoms with Gasteiger partial charge in [-0.25, -0.2) is 4.79 Å². The third-order valence-corrected chi connectivity index (χ3v) is 4.08. The second-order valence-electron chi connectivity index (χ2n) is 5.49. The summed E-state index contributed by atoms with van der Waals surface area (Å²) in [6.07, 6.45) is -0.494. The van der Waals surface area contributed by atoms with Crippen molar-refractivity contribution in [2.24, 2.45) is 5.92 Å². The highest BCUT2D eigenvalue weighted by atomic mass is 16.5. The molecule has 1 aromatic heterocycles. The summed E-state index contributed by atoms with van der Waals surface area (Å²) in [7, 11) is 1.52. The Morgan fingerprint density at radius 3 is 2.95 bits per heavy atom. The molecule has 0 radical (unpaired) electrons. The number of carboxylic acids is 1. The summed E-state index contributed by atoms with van der Waals surface area (Å²) in [6, 6.07) is 1.26. The third-order valence-electron chi connectivity index (χ3n) is 4.08. The monoisotopic (exact) mass is 308 g/mol. The second-order valence-corrected chi connectivity index (χ2v) is 5.49. The lowest BCUT2D eigenvalue weighted by Crippen LogP contribution is -2.61. The number of aromatic nitrogens is 1. The van der Waals surface area contributed by atoms with E-state index in [4.69, 9.17) is 9.26 Å². The van der Waals surface area contributed by atoms with Gasteiger partial charge in [-0.3, -0.25) is 4.79 Å². The molecule has 1 fully saturated rings. The van der Waals surface area contributed by atoms with E-state index < -0.39 is 18.0 Å². The molecule has 0 aromatic carbocycles. The van der Waals surface area contributed by atoms with E-state index in [-0.39, 0.29) is 24.3 Å². The van der Waals surface area contributed by atoms with Gasteiger partial charge in [-0.2, -0.15) is 0 Å². The lowest BCUT2D eigenvalue weighted by molar-refractivity contribution is -0.161. The maximum Gasteiger partial charge on any atom is 0.353 e. The first kappa shape index (κ1) is 14.7. The lowest BCUT2D eigenvalue weighted by atomic mass is 9.83. The number of carboxylic acid groups (broad SMARTS) is 1. The molecule has 0 unspecified atom stereocenters. The van der Waals surface area contributed by atoms with Gasteiger partial charge in [-0.05, 0) is 6.92 Å². The van der Waals surface area contributed by atoms with Crippen LogP contribution in [-0.4, -0.2) is 51.4 Å².